The van der Waals surface area contributed by atoms with E-state index >= 15 is 0 Å². The standard InChI is InChI=1S/C24H28BrN5O6/c1-2-9-28(13-30-16-8-4-3-7-15(16)26-27-30)22(33)20-24-12-14(25)19(36-24)17(23(34)35)18(24)21(32)29(20)10-5-6-11-31/h2-4,7-8,14,17-20,31H,1,5-6,9-13H2,(H,34,35)/t14?,17-,18+,19-,20-,24+/m0/s1. The molecule has 1 aromatic carbocycles. The number of likely N-dealkylation sites (tertiary alicyclic amines) is 1. The molecule has 2 bridgehead atoms. The van der Waals surface area contributed by atoms with Crippen molar-refractivity contribution in [1.82, 2.24) is 24.8 Å². The number of benzene rings is 1. The number of hydrogen-bond acceptors (Lipinski definition) is 7. The van der Waals surface area contributed by atoms with Gasteiger partial charge in [0.1, 0.15) is 23.8 Å². The van der Waals surface area contributed by atoms with E-state index in [1.165, 1.54) is 9.80 Å². The summed E-state index contributed by atoms with van der Waals surface area (Å²) in [5, 5.41) is 27.6. The lowest BCUT2D eigenvalue weighted by molar-refractivity contribution is -0.151. The summed E-state index contributed by atoms with van der Waals surface area (Å²) in [4.78, 5) is 42.8. The Bertz CT molecular complexity index is 1200. The Morgan fingerprint density at radius 2 is 2.11 bits per heavy atom. The van der Waals surface area contributed by atoms with Crippen LogP contribution in [0.3, 0.4) is 0 Å². The van der Waals surface area contributed by atoms with Crippen molar-refractivity contribution in [3.8, 4) is 0 Å². The largest absolute Gasteiger partial charge is 0.481 e. The second-order valence-corrected chi connectivity index (χ2v) is 10.7. The highest BCUT2D eigenvalue weighted by molar-refractivity contribution is 9.09. The number of hydrogen-bond donors (Lipinski definition) is 2. The zero-order valence-corrected chi connectivity index (χ0v) is 21.2. The van der Waals surface area contributed by atoms with E-state index in [2.05, 4.69) is 32.8 Å². The number of nitrogens with zero attached hydrogens (tertiary/aromatic N) is 5. The Kier molecular flexibility index (Phi) is 6.60. The van der Waals surface area contributed by atoms with Crippen LogP contribution in [0.15, 0.2) is 36.9 Å². The number of fused-ring (bicyclic) bond motifs is 2. The number of alkyl halides is 1. The van der Waals surface area contributed by atoms with Crippen molar-refractivity contribution in [3.63, 3.8) is 0 Å². The Morgan fingerprint density at radius 1 is 1.33 bits per heavy atom. The van der Waals surface area contributed by atoms with Gasteiger partial charge < -0.3 is 24.7 Å². The SMILES string of the molecule is C=CCN(Cn1nnc2ccccc21)C(=O)[C@@H]1N(CCCCO)C(=O)[C@H]2[C@H](C(=O)O)[C@H]3O[C@@]12CC3Br. The Hall–Kier alpha value is -2.83. The first-order valence-corrected chi connectivity index (χ1v) is 12.9. The molecule has 1 spiro atoms. The molecular formula is C24H28BrN5O6. The average molecular weight is 562 g/mol. The van der Waals surface area contributed by atoms with Crippen LogP contribution >= 0.6 is 15.9 Å². The topological polar surface area (TPSA) is 138 Å². The summed E-state index contributed by atoms with van der Waals surface area (Å²) in [6.45, 7) is 4.23. The van der Waals surface area contributed by atoms with Gasteiger partial charge in [0.25, 0.3) is 0 Å². The number of aliphatic hydroxyl groups excluding tert-OH is 1. The molecule has 0 saturated carbocycles. The van der Waals surface area contributed by atoms with Crippen molar-refractivity contribution in [2.24, 2.45) is 11.8 Å². The van der Waals surface area contributed by atoms with Gasteiger partial charge in [0.05, 0.1) is 23.5 Å². The number of amides is 2. The number of para-hydroxylation sites is 1. The minimum absolute atomic E-state index is 0.0447. The highest BCUT2D eigenvalue weighted by Crippen LogP contribution is 2.60. The van der Waals surface area contributed by atoms with Gasteiger partial charge in [-0.3, -0.25) is 14.4 Å². The second-order valence-electron chi connectivity index (χ2n) is 9.53. The second kappa shape index (κ2) is 9.56. The van der Waals surface area contributed by atoms with Crippen molar-refractivity contribution >= 4 is 44.7 Å². The Balaban J connectivity index is 1.52. The number of aliphatic carboxylic acids is 1. The molecule has 11 nitrogen and oxygen atoms in total. The van der Waals surface area contributed by atoms with Crippen LogP contribution in [0.5, 0.6) is 0 Å². The fraction of sp³-hybridized carbons (Fsp3) is 0.542. The summed E-state index contributed by atoms with van der Waals surface area (Å²) < 4.78 is 7.91. The molecule has 0 aliphatic carbocycles. The van der Waals surface area contributed by atoms with Crippen LogP contribution in [-0.2, 0) is 25.8 Å². The highest BCUT2D eigenvalue weighted by Gasteiger charge is 2.76. The summed E-state index contributed by atoms with van der Waals surface area (Å²) in [6, 6.07) is 6.39. The van der Waals surface area contributed by atoms with Crippen molar-refractivity contribution in [1.29, 1.82) is 0 Å². The van der Waals surface area contributed by atoms with Crippen LogP contribution < -0.4 is 0 Å². The van der Waals surface area contributed by atoms with E-state index < -0.39 is 35.6 Å². The van der Waals surface area contributed by atoms with Crippen molar-refractivity contribution < 1.29 is 29.3 Å². The van der Waals surface area contributed by atoms with E-state index in [1.54, 1.807) is 10.8 Å². The van der Waals surface area contributed by atoms with Crippen LogP contribution in [0.2, 0.25) is 0 Å². The molecule has 5 rings (SSSR count). The maximum atomic E-state index is 14.2. The minimum Gasteiger partial charge on any atom is -0.481 e. The van der Waals surface area contributed by atoms with Gasteiger partial charge in [-0.1, -0.05) is 39.4 Å². The van der Waals surface area contributed by atoms with Gasteiger partial charge in [0, 0.05) is 24.5 Å². The molecule has 1 aromatic heterocycles. The molecule has 4 heterocycles. The number of ether oxygens (including phenoxy) is 1. The van der Waals surface area contributed by atoms with Gasteiger partial charge in [0.15, 0.2) is 0 Å². The van der Waals surface area contributed by atoms with Crippen LogP contribution in [0.1, 0.15) is 19.3 Å². The lowest BCUT2D eigenvalue weighted by atomic mass is 9.70. The molecule has 12 heteroatoms. The summed E-state index contributed by atoms with van der Waals surface area (Å²) in [7, 11) is 0. The third-order valence-electron chi connectivity index (χ3n) is 7.50. The molecule has 192 valence electrons. The number of aliphatic hydroxyl groups is 1. The summed E-state index contributed by atoms with van der Waals surface area (Å²) in [6.07, 6.45) is 2.18. The normalized spacial score (nSPS) is 30.7. The first kappa shape index (κ1) is 24.8. The minimum atomic E-state index is -1.25. The van der Waals surface area contributed by atoms with Crippen LogP contribution in [-0.4, -0.2) is 95.1 Å². The molecule has 3 fully saturated rings. The van der Waals surface area contributed by atoms with E-state index in [-0.39, 0.29) is 43.0 Å². The number of halogens is 1. The van der Waals surface area contributed by atoms with E-state index in [0.29, 0.717) is 24.8 Å². The number of carboxylic acid groups (broad SMARTS) is 1. The van der Waals surface area contributed by atoms with Gasteiger partial charge in [0.2, 0.25) is 11.8 Å². The number of carbonyl (C=O) groups excluding carboxylic acids is 2. The summed E-state index contributed by atoms with van der Waals surface area (Å²) >= 11 is 3.54. The lowest BCUT2D eigenvalue weighted by Gasteiger charge is -2.37. The van der Waals surface area contributed by atoms with E-state index in [0.717, 1.165) is 5.52 Å². The number of rotatable bonds is 10. The Morgan fingerprint density at radius 3 is 2.83 bits per heavy atom. The number of unbranched alkanes of at least 4 members (excludes halogenated alkanes) is 1. The molecule has 1 unspecified atom stereocenters. The van der Waals surface area contributed by atoms with Gasteiger partial charge in [-0.2, -0.15) is 0 Å². The smallest absolute Gasteiger partial charge is 0.310 e. The van der Waals surface area contributed by atoms with Crippen molar-refractivity contribution in [3.05, 3.63) is 36.9 Å². The predicted octanol–water partition coefficient (Wildman–Crippen LogP) is 1.01. The first-order valence-electron chi connectivity index (χ1n) is 12.0. The monoisotopic (exact) mass is 561 g/mol. The molecule has 2 amide bonds. The maximum Gasteiger partial charge on any atom is 0.310 e. The quantitative estimate of drug-likeness (QED) is 0.249. The van der Waals surface area contributed by atoms with E-state index in [9.17, 15) is 24.6 Å². The number of carboxylic acids is 1. The average Bonchev–Trinajstić information content (AvgIpc) is 3.56. The fourth-order valence-corrected chi connectivity index (χ4v) is 7.00. The van der Waals surface area contributed by atoms with Crippen LogP contribution in [0, 0.1) is 11.8 Å². The van der Waals surface area contributed by atoms with Gasteiger partial charge in [-0.25, -0.2) is 4.68 Å². The van der Waals surface area contributed by atoms with Gasteiger partial charge in [-0.15, -0.1) is 11.7 Å². The van der Waals surface area contributed by atoms with Crippen molar-refractivity contribution in [2.45, 2.75) is 48.5 Å². The summed E-state index contributed by atoms with van der Waals surface area (Å²) in [5.74, 6) is -3.84. The third kappa shape index (κ3) is 3.73. The number of carbonyl (C=O) groups is 3. The van der Waals surface area contributed by atoms with Crippen molar-refractivity contribution in [2.75, 3.05) is 19.7 Å². The molecule has 0 radical (unpaired) electrons. The van der Waals surface area contributed by atoms with E-state index in [1.807, 2.05) is 24.3 Å². The fourth-order valence-electron chi connectivity index (χ4n) is 6.06. The zero-order valence-electron chi connectivity index (χ0n) is 19.6. The summed E-state index contributed by atoms with van der Waals surface area (Å²) in [5.41, 5.74) is 0.189. The Labute approximate surface area is 215 Å². The molecule has 6 atom stereocenters. The lowest BCUT2D eigenvalue weighted by Crippen LogP contribution is -2.57. The number of aromatic nitrogens is 3. The van der Waals surface area contributed by atoms with Gasteiger partial charge >= 0.3 is 5.97 Å². The molecule has 3 aliphatic rings. The molecule has 3 aliphatic heterocycles. The van der Waals surface area contributed by atoms with Gasteiger partial charge in [-0.05, 0) is 31.4 Å². The molecular weight excluding hydrogens is 534 g/mol. The molecule has 3 saturated heterocycles. The molecule has 36 heavy (non-hydrogen) atoms. The zero-order chi connectivity index (χ0) is 25.6. The molecule has 2 aromatic rings. The first-order chi connectivity index (χ1) is 17.3. The predicted molar refractivity (Wildman–Crippen MR) is 131 cm³/mol. The highest BCUT2D eigenvalue weighted by atomic mass is 79.9. The molecule has 2 N–H and O–H groups in total. The third-order valence-corrected chi connectivity index (χ3v) is 8.35. The van der Waals surface area contributed by atoms with Crippen LogP contribution in [0.25, 0.3) is 11.0 Å². The van der Waals surface area contributed by atoms with Crippen LogP contribution in [0.4, 0.5) is 0 Å². The van der Waals surface area contributed by atoms with E-state index in [4.69, 9.17) is 4.74 Å². The maximum absolute atomic E-state index is 14.2.